The van der Waals surface area contributed by atoms with Crippen LogP contribution in [0.3, 0.4) is 0 Å². The highest BCUT2D eigenvalue weighted by Crippen LogP contribution is 2.18. The van der Waals surface area contributed by atoms with Gasteiger partial charge in [-0.15, -0.1) is 0 Å². The van der Waals surface area contributed by atoms with Crippen molar-refractivity contribution in [2.45, 2.75) is 19.8 Å². The number of rotatable bonds is 2. The van der Waals surface area contributed by atoms with E-state index in [1.54, 1.807) is 12.4 Å². The number of hydrogen-bond donors (Lipinski definition) is 1. The van der Waals surface area contributed by atoms with Crippen LogP contribution < -0.4 is 0 Å². The molecule has 0 bridgehead atoms. The molecule has 72 valence electrons. The fraction of sp³-hybridized carbons (Fsp3) is 0.273. The molecule has 2 aromatic rings. The van der Waals surface area contributed by atoms with E-state index in [0.717, 1.165) is 17.1 Å². The van der Waals surface area contributed by atoms with E-state index in [1.165, 1.54) is 0 Å². The summed E-state index contributed by atoms with van der Waals surface area (Å²) in [6, 6.07) is 3.94. The highest BCUT2D eigenvalue weighted by Gasteiger charge is 2.05. The molecule has 0 radical (unpaired) electrons. The number of H-pyrrole nitrogens is 1. The third kappa shape index (κ3) is 1.66. The van der Waals surface area contributed by atoms with E-state index >= 15 is 0 Å². The Morgan fingerprint density at radius 3 is 2.50 bits per heavy atom. The summed E-state index contributed by atoms with van der Waals surface area (Å²) in [5.74, 6) is 1.46. The van der Waals surface area contributed by atoms with Crippen LogP contribution >= 0.6 is 0 Å². The maximum atomic E-state index is 4.32. The first-order chi connectivity index (χ1) is 6.77. The largest absolute Gasteiger partial charge is 0.342 e. The van der Waals surface area contributed by atoms with Crippen molar-refractivity contribution in [3.8, 4) is 11.3 Å². The Hall–Kier alpha value is -1.64. The van der Waals surface area contributed by atoms with Crippen LogP contribution in [0.5, 0.6) is 0 Å². The summed E-state index contributed by atoms with van der Waals surface area (Å²) >= 11 is 0. The molecule has 2 rings (SSSR count). The molecule has 2 aromatic heterocycles. The highest BCUT2D eigenvalue weighted by atomic mass is 14.9. The van der Waals surface area contributed by atoms with Gasteiger partial charge in [-0.1, -0.05) is 13.8 Å². The fourth-order valence-corrected chi connectivity index (χ4v) is 1.31. The molecule has 1 N–H and O–H groups in total. The molecule has 2 heterocycles. The molecule has 0 saturated heterocycles. The van der Waals surface area contributed by atoms with E-state index < -0.39 is 0 Å². The standard InChI is InChI=1S/C11H13N3/c1-8(2)11-13-7-10(14-11)9-3-5-12-6-4-9/h3-8H,1-2H3,(H,13,14). The second-order valence-corrected chi connectivity index (χ2v) is 3.57. The van der Waals surface area contributed by atoms with Crippen LogP contribution in [0.2, 0.25) is 0 Å². The number of aromatic nitrogens is 3. The lowest BCUT2D eigenvalue weighted by Gasteiger charge is -1.98. The minimum atomic E-state index is 0.436. The lowest BCUT2D eigenvalue weighted by Crippen LogP contribution is -1.89. The van der Waals surface area contributed by atoms with Gasteiger partial charge >= 0.3 is 0 Å². The van der Waals surface area contributed by atoms with Crippen LogP contribution in [0.25, 0.3) is 11.3 Å². The minimum absolute atomic E-state index is 0.436. The molecule has 0 aliphatic rings. The molecule has 0 aliphatic carbocycles. The van der Waals surface area contributed by atoms with Gasteiger partial charge in [0.05, 0.1) is 11.9 Å². The van der Waals surface area contributed by atoms with E-state index in [1.807, 2.05) is 18.3 Å². The average molecular weight is 187 g/mol. The smallest absolute Gasteiger partial charge is 0.109 e. The predicted octanol–water partition coefficient (Wildman–Crippen LogP) is 2.60. The Bertz CT molecular complexity index is 403. The Kier molecular flexibility index (Phi) is 2.31. The van der Waals surface area contributed by atoms with Crippen molar-refractivity contribution in [3.05, 3.63) is 36.5 Å². The average Bonchev–Trinajstić information content (AvgIpc) is 2.68. The van der Waals surface area contributed by atoms with Gasteiger partial charge < -0.3 is 4.98 Å². The summed E-state index contributed by atoms with van der Waals surface area (Å²) in [6.45, 7) is 4.24. The topological polar surface area (TPSA) is 41.6 Å². The molecular weight excluding hydrogens is 174 g/mol. The van der Waals surface area contributed by atoms with Crippen LogP contribution in [0.1, 0.15) is 25.6 Å². The molecule has 0 unspecified atom stereocenters. The molecule has 3 nitrogen and oxygen atoms in total. The van der Waals surface area contributed by atoms with Crippen LogP contribution in [-0.4, -0.2) is 15.0 Å². The maximum absolute atomic E-state index is 4.32. The van der Waals surface area contributed by atoms with Crippen molar-refractivity contribution in [3.63, 3.8) is 0 Å². The molecule has 0 saturated carbocycles. The normalized spacial score (nSPS) is 10.8. The van der Waals surface area contributed by atoms with Gasteiger partial charge in [-0.05, 0) is 12.1 Å². The molecule has 0 amide bonds. The van der Waals surface area contributed by atoms with Crippen LogP contribution in [-0.2, 0) is 0 Å². The Morgan fingerprint density at radius 1 is 1.21 bits per heavy atom. The van der Waals surface area contributed by atoms with Crippen molar-refractivity contribution >= 4 is 0 Å². The predicted molar refractivity (Wildman–Crippen MR) is 55.9 cm³/mol. The number of nitrogens with one attached hydrogen (secondary N) is 1. The molecule has 0 aromatic carbocycles. The van der Waals surface area contributed by atoms with Crippen molar-refractivity contribution < 1.29 is 0 Å². The molecule has 3 heteroatoms. The number of pyridine rings is 1. The van der Waals surface area contributed by atoms with Gasteiger partial charge in [0, 0.05) is 23.9 Å². The second-order valence-electron chi connectivity index (χ2n) is 3.57. The Labute approximate surface area is 83.2 Å². The van der Waals surface area contributed by atoms with Crippen LogP contribution in [0.15, 0.2) is 30.7 Å². The first-order valence-corrected chi connectivity index (χ1v) is 4.72. The van der Waals surface area contributed by atoms with Crippen molar-refractivity contribution in [2.24, 2.45) is 0 Å². The number of aromatic amines is 1. The summed E-state index contributed by atoms with van der Waals surface area (Å²) in [6.07, 6.45) is 5.43. The number of imidazole rings is 1. The first kappa shape index (κ1) is 8.94. The van der Waals surface area contributed by atoms with Crippen LogP contribution in [0.4, 0.5) is 0 Å². The summed E-state index contributed by atoms with van der Waals surface area (Å²) < 4.78 is 0. The summed E-state index contributed by atoms with van der Waals surface area (Å²) in [4.78, 5) is 11.6. The van der Waals surface area contributed by atoms with Gasteiger partial charge in [-0.25, -0.2) is 4.98 Å². The Morgan fingerprint density at radius 2 is 1.93 bits per heavy atom. The molecule has 0 aliphatic heterocycles. The fourth-order valence-electron chi connectivity index (χ4n) is 1.31. The van der Waals surface area contributed by atoms with E-state index in [2.05, 4.69) is 28.8 Å². The van der Waals surface area contributed by atoms with Gasteiger partial charge in [0.15, 0.2) is 0 Å². The number of nitrogens with zero attached hydrogens (tertiary/aromatic N) is 2. The zero-order valence-electron chi connectivity index (χ0n) is 8.36. The van der Waals surface area contributed by atoms with Crippen LogP contribution in [0, 0.1) is 0 Å². The van der Waals surface area contributed by atoms with Gasteiger partial charge in [0.25, 0.3) is 0 Å². The quantitative estimate of drug-likeness (QED) is 0.785. The third-order valence-electron chi connectivity index (χ3n) is 2.13. The van der Waals surface area contributed by atoms with Crippen molar-refractivity contribution in [1.82, 2.24) is 15.0 Å². The number of hydrogen-bond acceptors (Lipinski definition) is 2. The second kappa shape index (κ2) is 3.62. The lowest BCUT2D eigenvalue weighted by atomic mass is 10.2. The molecule has 14 heavy (non-hydrogen) atoms. The zero-order valence-corrected chi connectivity index (χ0v) is 8.36. The molecule has 0 spiro atoms. The van der Waals surface area contributed by atoms with Gasteiger partial charge in [-0.3, -0.25) is 4.98 Å². The zero-order chi connectivity index (χ0) is 9.97. The van der Waals surface area contributed by atoms with Gasteiger partial charge in [0.2, 0.25) is 0 Å². The lowest BCUT2D eigenvalue weighted by molar-refractivity contribution is 0.795. The summed E-state index contributed by atoms with van der Waals surface area (Å²) in [5, 5.41) is 0. The highest BCUT2D eigenvalue weighted by molar-refractivity contribution is 5.57. The SMILES string of the molecule is CC(C)c1ncc(-c2ccncc2)[nH]1. The third-order valence-corrected chi connectivity index (χ3v) is 2.13. The van der Waals surface area contributed by atoms with Gasteiger partial charge in [-0.2, -0.15) is 0 Å². The van der Waals surface area contributed by atoms with E-state index in [9.17, 15) is 0 Å². The van der Waals surface area contributed by atoms with Crippen molar-refractivity contribution in [1.29, 1.82) is 0 Å². The van der Waals surface area contributed by atoms with Gasteiger partial charge in [0.1, 0.15) is 5.82 Å². The summed E-state index contributed by atoms with van der Waals surface area (Å²) in [5.41, 5.74) is 2.18. The van der Waals surface area contributed by atoms with E-state index in [4.69, 9.17) is 0 Å². The molecule has 0 fully saturated rings. The summed E-state index contributed by atoms with van der Waals surface area (Å²) in [7, 11) is 0. The molecular formula is C11H13N3. The first-order valence-electron chi connectivity index (χ1n) is 4.72. The van der Waals surface area contributed by atoms with E-state index in [0.29, 0.717) is 5.92 Å². The molecule has 0 atom stereocenters. The van der Waals surface area contributed by atoms with E-state index in [-0.39, 0.29) is 0 Å². The minimum Gasteiger partial charge on any atom is -0.342 e. The Balaban J connectivity index is 2.34. The van der Waals surface area contributed by atoms with Crippen molar-refractivity contribution in [2.75, 3.05) is 0 Å². The maximum Gasteiger partial charge on any atom is 0.109 e. The monoisotopic (exact) mass is 187 g/mol.